The summed E-state index contributed by atoms with van der Waals surface area (Å²) in [5.41, 5.74) is 6.81. The predicted molar refractivity (Wildman–Crippen MR) is 107 cm³/mol. The summed E-state index contributed by atoms with van der Waals surface area (Å²) < 4.78 is 0. The second-order valence-electron chi connectivity index (χ2n) is 6.51. The molecule has 4 heteroatoms. The number of carbonyl (C=O) groups is 1. The third-order valence-corrected chi connectivity index (χ3v) is 4.43. The van der Waals surface area contributed by atoms with Crippen molar-refractivity contribution in [2.24, 2.45) is 0 Å². The summed E-state index contributed by atoms with van der Waals surface area (Å²) in [6.07, 6.45) is 3.31. The van der Waals surface area contributed by atoms with Gasteiger partial charge in [-0.1, -0.05) is 42.0 Å². The van der Waals surface area contributed by atoms with Crippen LogP contribution in [0.25, 0.3) is 0 Å². The van der Waals surface area contributed by atoms with Crippen molar-refractivity contribution in [1.82, 2.24) is 4.98 Å². The van der Waals surface area contributed by atoms with Gasteiger partial charge in [0, 0.05) is 24.6 Å². The Morgan fingerprint density at radius 2 is 1.81 bits per heavy atom. The van der Waals surface area contributed by atoms with Crippen LogP contribution < -0.4 is 10.6 Å². The van der Waals surface area contributed by atoms with Gasteiger partial charge in [-0.3, -0.25) is 9.78 Å². The van der Waals surface area contributed by atoms with Crippen molar-refractivity contribution in [3.63, 3.8) is 0 Å². The molecule has 0 atom stereocenters. The number of nitrogens with zero attached hydrogens (tertiary/aromatic N) is 1. The Bertz CT molecular complexity index is 934. The summed E-state index contributed by atoms with van der Waals surface area (Å²) in [6.45, 7) is 6.79. The molecule has 0 saturated carbocycles. The quantitative estimate of drug-likeness (QED) is 0.693. The first-order chi connectivity index (χ1) is 12.5. The number of nitrogens with one attached hydrogen (secondary N) is 2. The van der Waals surface area contributed by atoms with Crippen LogP contribution in [0, 0.1) is 20.8 Å². The minimum absolute atomic E-state index is 0.162. The van der Waals surface area contributed by atoms with E-state index in [0.717, 1.165) is 22.5 Å². The number of aryl methyl sites for hydroxylation is 2. The van der Waals surface area contributed by atoms with E-state index in [2.05, 4.69) is 40.7 Å². The second-order valence-corrected chi connectivity index (χ2v) is 6.51. The number of benzene rings is 2. The first-order valence-corrected chi connectivity index (χ1v) is 8.65. The van der Waals surface area contributed by atoms with E-state index in [-0.39, 0.29) is 5.91 Å². The molecule has 2 aromatic carbocycles. The number of aromatic nitrogens is 1. The van der Waals surface area contributed by atoms with Crippen molar-refractivity contribution in [2.45, 2.75) is 27.3 Å². The van der Waals surface area contributed by atoms with Gasteiger partial charge in [-0.2, -0.15) is 0 Å². The van der Waals surface area contributed by atoms with Gasteiger partial charge in [0.1, 0.15) is 0 Å². The lowest BCUT2D eigenvalue weighted by molar-refractivity contribution is 0.102. The molecule has 0 saturated heterocycles. The normalized spacial score (nSPS) is 10.4. The number of anilines is 2. The maximum absolute atomic E-state index is 12.6. The number of amides is 1. The molecule has 1 heterocycles. The van der Waals surface area contributed by atoms with E-state index < -0.39 is 0 Å². The first kappa shape index (κ1) is 17.7. The Morgan fingerprint density at radius 1 is 1.00 bits per heavy atom. The van der Waals surface area contributed by atoms with E-state index in [1.165, 1.54) is 11.1 Å². The fourth-order valence-electron chi connectivity index (χ4n) is 2.77. The number of hydrogen-bond acceptors (Lipinski definition) is 3. The van der Waals surface area contributed by atoms with Gasteiger partial charge in [0.25, 0.3) is 5.91 Å². The van der Waals surface area contributed by atoms with Crippen molar-refractivity contribution < 1.29 is 4.79 Å². The van der Waals surface area contributed by atoms with E-state index in [9.17, 15) is 4.79 Å². The lowest BCUT2D eigenvalue weighted by Crippen LogP contribution is -2.14. The van der Waals surface area contributed by atoms with Crippen LogP contribution >= 0.6 is 0 Å². The molecule has 0 unspecified atom stereocenters. The van der Waals surface area contributed by atoms with Gasteiger partial charge in [-0.15, -0.1) is 0 Å². The highest BCUT2D eigenvalue weighted by atomic mass is 16.1. The van der Waals surface area contributed by atoms with Crippen LogP contribution in [0.2, 0.25) is 0 Å². The molecule has 0 bridgehead atoms. The van der Waals surface area contributed by atoms with Gasteiger partial charge in [-0.05, 0) is 49.6 Å². The standard InChI is InChI=1S/C22H23N3O/c1-15-6-4-8-18(10-15)12-24-20-11-19(13-23-14-20)22(26)25-21-9-5-7-16(2)17(21)3/h4-11,13-14,24H,12H2,1-3H3,(H,25,26). The highest BCUT2D eigenvalue weighted by molar-refractivity contribution is 6.05. The molecule has 2 N–H and O–H groups in total. The lowest BCUT2D eigenvalue weighted by Gasteiger charge is -2.11. The van der Waals surface area contributed by atoms with Crippen LogP contribution in [0.1, 0.15) is 32.6 Å². The van der Waals surface area contributed by atoms with Crippen molar-refractivity contribution in [3.05, 3.63) is 88.7 Å². The summed E-state index contributed by atoms with van der Waals surface area (Å²) in [7, 11) is 0. The van der Waals surface area contributed by atoms with Crippen LogP contribution in [-0.2, 0) is 6.54 Å². The number of rotatable bonds is 5. The molecule has 0 aliphatic rings. The largest absolute Gasteiger partial charge is 0.380 e. The van der Waals surface area contributed by atoms with Gasteiger partial charge in [0.15, 0.2) is 0 Å². The molecular weight excluding hydrogens is 322 g/mol. The van der Waals surface area contributed by atoms with Gasteiger partial charge in [-0.25, -0.2) is 0 Å². The summed E-state index contributed by atoms with van der Waals surface area (Å²) in [6, 6.07) is 16.0. The topological polar surface area (TPSA) is 54.0 Å². The zero-order valence-electron chi connectivity index (χ0n) is 15.3. The van der Waals surface area contributed by atoms with Crippen molar-refractivity contribution >= 4 is 17.3 Å². The van der Waals surface area contributed by atoms with E-state index in [0.29, 0.717) is 12.1 Å². The minimum Gasteiger partial charge on any atom is -0.380 e. The Kier molecular flexibility index (Phi) is 5.32. The summed E-state index contributed by atoms with van der Waals surface area (Å²) in [4.78, 5) is 16.8. The highest BCUT2D eigenvalue weighted by Crippen LogP contribution is 2.19. The Hall–Kier alpha value is -3.14. The Morgan fingerprint density at radius 3 is 2.62 bits per heavy atom. The fourth-order valence-corrected chi connectivity index (χ4v) is 2.77. The van der Waals surface area contributed by atoms with Crippen LogP contribution in [-0.4, -0.2) is 10.9 Å². The van der Waals surface area contributed by atoms with Crippen LogP contribution in [0.4, 0.5) is 11.4 Å². The summed E-state index contributed by atoms with van der Waals surface area (Å²) in [5, 5.41) is 6.29. The zero-order chi connectivity index (χ0) is 18.5. The molecule has 3 aromatic rings. The molecule has 0 aliphatic heterocycles. The molecule has 0 radical (unpaired) electrons. The van der Waals surface area contributed by atoms with Gasteiger partial charge in [0.2, 0.25) is 0 Å². The third-order valence-electron chi connectivity index (χ3n) is 4.43. The van der Waals surface area contributed by atoms with Crippen molar-refractivity contribution in [3.8, 4) is 0 Å². The molecule has 1 aromatic heterocycles. The zero-order valence-corrected chi connectivity index (χ0v) is 15.3. The number of pyridine rings is 1. The molecule has 3 rings (SSSR count). The first-order valence-electron chi connectivity index (χ1n) is 8.65. The summed E-state index contributed by atoms with van der Waals surface area (Å²) in [5.74, 6) is -0.162. The SMILES string of the molecule is Cc1cccc(CNc2cncc(C(=O)Nc3cccc(C)c3C)c2)c1. The monoisotopic (exact) mass is 345 g/mol. The smallest absolute Gasteiger partial charge is 0.257 e. The third kappa shape index (κ3) is 4.28. The van der Waals surface area contributed by atoms with Crippen molar-refractivity contribution in [1.29, 1.82) is 0 Å². The van der Waals surface area contributed by atoms with E-state index in [1.807, 2.05) is 44.2 Å². The summed E-state index contributed by atoms with van der Waals surface area (Å²) >= 11 is 0. The Balaban J connectivity index is 1.70. The van der Waals surface area contributed by atoms with E-state index in [4.69, 9.17) is 0 Å². The minimum atomic E-state index is -0.162. The molecule has 132 valence electrons. The fraction of sp³-hybridized carbons (Fsp3) is 0.182. The molecule has 0 aliphatic carbocycles. The van der Waals surface area contributed by atoms with Crippen LogP contribution in [0.3, 0.4) is 0 Å². The van der Waals surface area contributed by atoms with Crippen molar-refractivity contribution in [2.75, 3.05) is 10.6 Å². The lowest BCUT2D eigenvalue weighted by atomic mass is 10.1. The van der Waals surface area contributed by atoms with Crippen LogP contribution in [0.5, 0.6) is 0 Å². The van der Waals surface area contributed by atoms with Gasteiger partial charge >= 0.3 is 0 Å². The number of carbonyl (C=O) groups excluding carboxylic acids is 1. The molecule has 1 amide bonds. The van der Waals surface area contributed by atoms with E-state index >= 15 is 0 Å². The van der Waals surface area contributed by atoms with E-state index in [1.54, 1.807) is 12.4 Å². The van der Waals surface area contributed by atoms with Gasteiger partial charge < -0.3 is 10.6 Å². The predicted octanol–water partition coefficient (Wildman–Crippen LogP) is 4.87. The molecule has 0 fully saturated rings. The highest BCUT2D eigenvalue weighted by Gasteiger charge is 2.10. The maximum Gasteiger partial charge on any atom is 0.257 e. The average Bonchev–Trinajstić information content (AvgIpc) is 2.64. The number of hydrogen-bond donors (Lipinski definition) is 2. The molecule has 0 spiro atoms. The van der Waals surface area contributed by atoms with Gasteiger partial charge in [0.05, 0.1) is 11.3 Å². The second kappa shape index (κ2) is 7.83. The average molecular weight is 345 g/mol. The molecule has 4 nitrogen and oxygen atoms in total. The molecular formula is C22H23N3O. The van der Waals surface area contributed by atoms with Crippen LogP contribution in [0.15, 0.2) is 60.9 Å². The molecule has 26 heavy (non-hydrogen) atoms. The Labute approximate surface area is 154 Å². The maximum atomic E-state index is 12.6.